The van der Waals surface area contributed by atoms with Crippen molar-refractivity contribution in [2.75, 3.05) is 0 Å². The summed E-state index contributed by atoms with van der Waals surface area (Å²) < 4.78 is 11.8. The van der Waals surface area contributed by atoms with Gasteiger partial charge in [0.05, 0.1) is 5.69 Å². The minimum atomic E-state index is 0.547. The SMILES string of the molecule is C(=Nc1ccc2oc3ccccc3c2c1)c1cccc(OCc2ccccc2)c1. The zero-order valence-electron chi connectivity index (χ0n) is 15.8. The van der Waals surface area contributed by atoms with Crippen molar-refractivity contribution < 1.29 is 9.15 Å². The molecule has 3 heteroatoms. The van der Waals surface area contributed by atoms with Crippen molar-refractivity contribution in [1.29, 1.82) is 0 Å². The molecule has 0 unspecified atom stereocenters. The lowest BCUT2D eigenvalue weighted by Crippen LogP contribution is -1.95. The monoisotopic (exact) mass is 377 g/mol. The van der Waals surface area contributed by atoms with Crippen LogP contribution < -0.4 is 4.74 Å². The molecule has 0 radical (unpaired) electrons. The molecule has 5 aromatic rings. The van der Waals surface area contributed by atoms with Crippen molar-refractivity contribution in [3.05, 3.63) is 108 Å². The molecule has 0 fully saturated rings. The summed E-state index contributed by atoms with van der Waals surface area (Å²) in [6.45, 7) is 0.547. The zero-order chi connectivity index (χ0) is 19.5. The van der Waals surface area contributed by atoms with Gasteiger partial charge >= 0.3 is 0 Å². The highest BCUT2D eigenvalue weighted by molar-refractivity contribution is 6.05. The van der Waals surface area contributed by atoms with E-state index in [0.717, 1.165) is 44.5 Å². The first-order valence-electron chi connectivity index (χ1n) is 9.57. The first-order valence-corrected chi connectivity index (χ1v) is 9.57. The van der Waals surface area contributed by atoms with E-state index in [-0.39, 0.29) is 0 Å². The van der Waals surface area contributed by atoms with Crippen LogP contribution in [0.25, 0.3) is 21.9 Å². The van der Waals surface area contributed by atoms with Crippen molar-refractivity contribution in [2.45, 2.75) is 6.61 Å². The van der Waals surface area contributed by atoms with Gasteiger partial charge in [-0.3, -0.25) is 4.99 Å². The summed E-state index contributed by atoms with van der Waals surface area (Å²) in [6, 6.07) is 32.2. The van der Waals surface area contributed by atoms with Crippen molar-refractivity contribution in [3.8, 4) is 5.75 Å². The van der Waals surface area contributed by atoms with E-state index < -0.39 is 0 Å². The van der Waals surface area contributed by atoms with Crippen LogP contribution in [-0.4, -0.2) is 6.21 Å². The molecule has 0 bridgehead atoms. The van der Waals surface area contributed by atoms with Crippen LogP contribution in [0.3, 0.4) is 0 Å². The van der Waals surface area contributed by atoms with Crippen molar-refractivity contribution in [3.63, 3.8) is 0 Å². The minimum Gasteiger partial charge on any atom is -0.489 e. The lowest BCUT2D eigenvalue weighted by Gasteiger charge is -2.06. The van der Waals surface area contributed by atoms with Gasteiger partial charge in [-0.15, -0.1) is 0 Å². The number of ether oxygens (including phenoxy) is 1. The van der Waals surface area contributed by atoms with Crippen LogP contribution >= 0.6 is 0 Å². The summed E-state index contributed by atoms with van der Waals surface area (Å²) in [4.78, 5) is 4.65. The van der Waals surface area contributed by atoms with Gasteiger partial charge < -0.3 is 9.15 Å². The number of hydrogen-bond acceptors (Lipinski definition) is 3. The first-order chi connectivity index (χ1) is 14.3. The number of aliphatic imine (C=N–C) groups is 1. The van der Waals surface area contributed by atoms with Crippen LogP contribution in [0, 0.1) is 0 Å². The third-order valence-electron chi connectivity index (χ3n) is 4.83. The van der Waals surface area contributed by atoms with Crippen LogP contribution in [0.4, 0.5) is 5.69 Å². The Kier molecular flexibility index (Phi) is 4.55. The maximum absolute atomic E-state index is 5.91. The molecule has 4 aromatic carbocycles. The van der Waals surface area contributed by atoms with Crippen LogP contribution in [0.2, 0.25) is 0 Å². The standard InChI is InChI=1S/C26H19NO2/c1-2-7-19(8-3-1)18-28-22-10-6-9-20(15-22)17-27-21-13-14-26-24(16-21)23-11-4-5-12-25(23)29-26/h1-17H,18H2. The van der Waals surface area contributed by atoms with Crippen molar-refractivity contribution >= 4 is 33.8 Å². The molecule has 1 aromatic heterocycles. The lowest BCUT2D eigenvalue weighted by molar-refractivity contribution is 0.306. The van der Waals surface area contributed by atoms with Gasteiger partial charge in [-0.1, -0.05) is 60.7 Å². The number of furan rings is 1. The van der Waals surface area contributed by atoms with Crippen LogP contribution in [-0.2, 0) is 6.61 Å². The molecule has 0 amide bonds. The van der Waals surface area contributed by atoms with E-state index >= 15 is 0 Å². The second-order valence-corrected chi connectivity index (χ2v) is 6.88. The molecule has 0 saturated heterocycles. The van der Waals surface area contributed by atoms with E-state index in [1.807, 2.05) is 79.0 Å². The predicted octanol–water partition coefficient (Wildman–Crippen LogP) is 6.92. The molecule has 0 atom stereocenters. The molecule has 3 nitrogen and oxygen atoms in total. The summed E-state index contributed by atoms with van der Waals surface area (Å²) in [5.41, 5.74) is 4.80. The minimum absolute atomic E-state index is 0.547. The van der Waals surface area contributed by atoms with Crippen LogP contribution in [0.15, 0.2) is 106 Å². The van der Waals surface area contributed by atoms with Gasteiger partial charge in [-0.2, -0.15) is 0 Å². The number of rotatable bonds is 5. The first kappa shape index (κ1) is 17.3. The van der Waals surface area contributed by atoms with Crippen molar-refractivity contribution in [1.82, 2.24) is 0 Å². The van der Waals surface area contributed by atoms with E-state index in [9.17, 15) is 0 Å². The van der Waals surface area contributed by atoms with Gasteiger partial charge in [0.25, 0.3) is 0 Å². The smallest absolute Gasteiger partial charge is 0.135 e. The van der Waals surface area contributed by atoms with E-state index in [1.54, 1.807) is 0 Å². The number of para-hydroxylation sites is 1. The molecule has 0 N–H and O–H groups in total. The van der Waals surface area contributed by atoms with E-state index in [1.165, 1.54) is 0 Å². The Labute approximate surface area is 168 Å². The van der Waals surface area contributed by atoms with Crippen LogP contribution in [0.1, 0.15) is 11.1 Å². The van der Waals surface area contributed by atoms with E-state index in [2.05, 4.69) is 29.3 Å². The quantitative estimate of drug-likeness (QED) is 0.312. The Hall–Kier alpha value is -3.85. The molecule has 1 heterocycles. The molecule has 140 valence electrons. The fourth-order valence-corrected chi connectivity index (χ4v) is 3.37. The van der Waals surface area contributed by atoms with Gasteiger partial charge in [0.2, 0.25) is 0 Å². The lowest BCUT2D eigenvalue weighted by atomic mass is 10.1. The zero-order valence-corrected chi connectivity index (χ0v) is 15.8. The number of hydrogen-bond donors (Lipinski definition) is 0. The molecular weight excluding hydrogens is 358 g/mol. The Bertz CT molecular complexity index is 1300. The second-order valence-electron chi connectivity index (χ2n) is 6.88. The van der Waals surface area contributed by atoms with Crippen molar-refractivity contribution in [2.24, 2.45) is 4.99 Å². The van der Waals surface area contributed by atoms with E-state index in [0.29, 0.717) is 6.61 Å². The Morgan fingerprint density at radius 3 is 2.48 bits per heavy atom. The molecule has 0 spiro atoms. The Morgan fingerprint density at radius 2 is 1.55 bits per heavy atom. The maximum atomic E-state index is 5.91. The van der Waals surface area contributed by atoms with Gasteiger partial charge in [0, 0.05) is 17.0 Å². The predicted molar refractivity (Wildman–Crippen MR) is 118 cm³/mol. The fourth-order valence-electron chi connectivity index (χ4n) is 3.37. The summed E-state index contributed by atoms with van der Waals surface area (Å²) in [6.07, 6.45) is 1.86. The second kappa shape index (κ2) is 7.64. The fraction of sp³-hybridized carbons (Fsp3) is 0.0385. The van der Waals surface area contributed by atoms with Gasteiger partial charge in [0.15, 0.2) is 0 Å². The summed E-state index contributed by atoms with van der Waals surface area (Å²) in [7, 11) is 0. The molecule has 5 rings (SSSR count). The third-order valence-corrected chi connectivity index (χ3v) is 4.83. The molecule has 0 aliphatic carbocycles. The average molecular weight is 377 g/mol. The van der Waals surface area contributed by atoms with Gasteiger partial charge in [-0.05, 0) is 47.5 Å². The topological polar surface area (TPSA) is 34.7 Å². The molecule has 29 heavy (non-hydrogen) atoms. The summed E-state index contributed by atoms with van der Waals surface area (Å²) >= 11 is 0. The molecule has 0 aliphatic rings. The largest absolute Gasteiger partial charge is 0.489 e. The highest BCUT2D eigenvalue weighted by atomic mass is 16.5. The Balaban J connectivity index is 1.36. The van der Waals surface area contributed by atoms with E-state index in [4.69, 9.17) is 9.15 Å². The maximum Gasteiger partial charge on any atom is 0.135 e. The molecule has 0 aliphatic heterocycles. The average Bonchev–Trinajstić information content (AvgIpc) is 3.15. The number of fused-ring (bicyclic) bond motifs is 3. The number of benzene rings is 4. The normalized spacial score (nSPS) is 11.4. The highest BCUT2D eigenvalue weighted by Crippen LogP contribution is 2.31. The summed E-state index contributed by atoms with van der Waals surface area (Å²) in [5.74, 6) is 0.828. The third kappa shape index (κ3) is 3.76. The Morgan fingerprint density at radius 1 is 0.724 bits per heavy atom. The summed E-state index contributed by atoms with van der Waals surface area (Å²) in [5, 5.41) is 2.19. The molecule has 0 saturated carbocycles. The van der Waals surface area contributed by atoms with Crippen LogP contribution in [0.5, 0.6) is 5.75 Å². The number of nitrogens with zero attached hydrogens (tertiary/aromatic N) is 1. The van der Waals surface area contributed by atoms with Gasteiger partial charge in [-0.25, -0.2) is 0 Å². The van der Waals surface area contributed by atoms with Gasteiger partial charge in [0.1, 0.15) is 23.5 Å². The highest BCUT2D eigenvalue weighted by Gasteiger charge is 2.06. The molecular formula is C26H19NO2.